The average molecular weight is 432 g/mol. The van der Waals surface area contributed by atoms with Crippen molar-refractivity contribution in [2.24, 2.45) is 0 Å². The predicted octanol–water partition coefficient (Wildman–Crippen LogP) is 6.51. The lowest BCUT2D eigenvalue weighted by atomic mass is 10.1. The number of benzene rings is 3. The van der Waals surface area contributed by atoms with Crippen LogP contribution in [0, 0.1) is 6.92 Å². The largest absolute Gasteiger partial charge is 0.495 e. The van der Waals surface area contributed by atoms with E-state index >= 15 is 0 Å². The smallest absolute Gasteiger partial charge is 0.180 e. The number of hydrogen-bond donors (Lipinski definition) is 1. The first-order valence-corrected chi connectivity index (χ1v) is 9.88. The number of ether oxygens (including phenoxy) is 3. The van der Waals surface area contributed by atoms with Gasteiger partial charge in [-0.1, -0.05) is 53.0 Å². The molecule has 4 nitrogen and oxygen atoms in total. The molecule has 152 valence electrons. The number of halogens is 2. The summed E-state index contributed by atoms with van der Waals surface area (Å²) in [4.78, 5) is 0. The summed E-state index contributed by atoms with van der Waals surface area (Å²) in [6.07, 6.45) is 0. The van der Waals surface area contributed by atoms with E-state index in [1.54, 1.807) is 14.2 Å². The first kappa shape index (κ1) is 21.2. The molecule has 0 radical (unpaired) electrons. The first-order valence-electron chi connectivity index (χ1n) is 9.12. The SMILES string of the molecule is COc1ccc(NCc2cc(Cl)c(OCc3ccc(C)cc3)c(OC)c2)cc1Cl. The molecule has 3 aromatic carbocycles. The van der Waals surface area contributed by atoms with Crippen molar-refractivity contribution in [3.63, 3.8) is 0 Å². The maximum absolute atomic E-state index is 6.48. The van der Waals surface area contributed by atoms with E-state index in [-0.39, 0.29) is 0 Å². The molecule has 0 aromatic heterocycles. The fourth-order valence-electron chi connectivity index (χ4n) is 2.84. The standard InChI is InChI=1S/C23H23Cl2NO3/c1-15-4-6-16(7-5-15)14-29-23-20(25)10-17(11-22(23)28-3)13-26-18-8-9-21(27-2)19(24)12-18/h4-12,26H,13-14H2,1-3H3. The molecule has 0 aliphatic carbocycles. The Bertz CT molecular complexity index is 975. The summed E-state index contributed by atoms with van der Waals surface area (Å²) in [6.45, 7) is 3.02. The van der Waals surface area contributed by atoms with Gasteiger partial charge in [-0.25, -0.2) is 0 Å². The quantitative estimate of drug-likeness (QED) is 0.441. The van der Waals surface area contributed by atoms with Gasteiger partial charge in [0.15, 0.2) is 11.5 Å². The third kappa shape index (κ3) is 5.49. The van der Waals surface area contributed by atoms with Gasteiger partial charge in [-0.15, -0.1) is 0 Å². The molecular formula is C23H23Cl2NO3. The summed E-state index contributed by atoms with van der Waals surface area (Å²) in [7, 11) is 3.19. The van der Waals surface area contributed by atoms with Crippen LogP contribution in [0.1, 0.15) is 16.7 Å². The van der Waals surface area contributed by atoms with Crippen molar-refractivity contribution in [1.29, 1.82) is 0 Å². The maximum atomic E-state index is 6.48. The van der Waals surface area contributed by atoms with E-state index in [4.69, 9.17) is 37.4 Å². The fraction of sp³-hybridized carbons (Fsp3) is 0.217. The highest BCUT2D eigenvalue weighted by Crippen LogP contribution is 2.37. The normalized spacial score (nSPS) is 10.5. The van der Waals surface area contributed by atoms with E-state index in [0.717, 1.165) is 16.8 Å². The van der Waals surface area contributed by atoms with Gasteiger partial charge in [-0.05, 0) is 48.4 Å². The van der Waals surface area contributed by atoms with Crippen molar-refractivity contribution in [1.82, 2.24) is 0 Å². The van der Waals surface area contributed by atoms with Crippen LogP contribution in [-0.4, -0.2) is 14.2 Å². The molecule has 1 N–H and O–H groups in total. The van der Waals surface area contributed by atoms with Crippen LogP contribution >= 0.6 is 23.2 Å². The van der Waals surface area contributed by atoms with Gasteiger partial charge in [0.05, 0.1) is 24.3 Å². The summed E-state index contributed by atoms with van der Waals surface area (Å²) < 4.78 is 16.6. The number of nitrogens with one attached hydrogen (secondary N) is 1. The molecular weight excluding hydrogens is 409 g/mol. The lowest BCUT2D eigenvalue weighted by Crippen LogP contribution is -2.03. The predicted molar refractivity (Wildman–Crippen MR) is 119 cm³/mol. The molecule has 0 amide bonds. The maximum Gasteiger partial charge on any atom is 0.180 e. The molecule has 0 heterocycles. The van der Waals surface area contributed by atoms with E-state index in [2.05, 4.69) is 24.4 Å². The minimum atomic E-state index is 0.415. The molecule has 3 aromatic rings. The van der Waals surface area contributed by atoms with Gasteiger partial charge in [0.1, 0.15) is 12.4 Å². The Morgan fingerprint density at radius 2 is 1.52 bits per heavy atom. The molecule has 0 saturated carbocycles. The number of rotatable bonds is 8. The lowest BCUT2D eigenvalue weighted by Gasteiger charge is -2.15. The van der Waals surface area contributed by atoms with Gasteiger partial charge in [0, 0.05) is 12.2 Å². The van der Waals surface area contributed by atoms with Crippen LogP contribution in [0.4, 0.5) is 5.69 Å². The number of aryl methyl sites for hydroxylation is 1. The lowest BCUT2D eigenvalue weighted by molar-refractivity contribution is 0.284. The Labute approximate surface area is 181 Å². The third-order valence-corrected chi connectivity index (χ3v) is 5.02. The zero-order valence-electron chi connectivity index (χ0n) is 16.6. The van der Waals surface area contributed by atoms with Gasteiger partial charge >= 0.3 is 0 Å². The summed E-state index contributed by atoms with van der Waals surface area (Å²) in [5.41, 5.74) is 4.11. The second kappa shape index (κ2) is 9.77. The van der Waals surface area contributed by atoms with Gasteiger partial charge in [-0.2, -0.15) is 0 Å². The average Bonchev–Trinajstić information content (AvgIpc) is 2.72. The van der Waals surface area contributed by atoms with Gasteiger partial charge in [-0.3, -0.25) is 0 Å². The number of methoxy groups -OCH3 is 2. The number of anilines is 1. The Kier molecular flexibility index (Phi) is 7.13. The van der Waals surface area contributed by atoms with Crippen molar-refractivity contribution < 1.29 is 14.2 Å². The van der Waals surface area contributed by atoms with Crippen molar-refractivity contribution in [3.8, 4) is 17.2 Å². The van der Waals surface area contributed by atoms with Crippen LogP contribution in [0.15, 0.2) is 54.6 Å². The summed E-state index contributed by atoms with van der Waals surface area (Å²) >= 11 is 12.7. The molecule has 0 bridgehead atoms. The van der Waals surface area contributed by atoms with Gasteiger partial charge in [0.2, 0.25) is 0 Å². The molecule has 0 spiro atoms. The molecule has 0 unspecified atom stereocenters. The second-order valence-corrected chi connectivity index (χ2v) is 7.40. The van der Waals surface area contributed by atoms with E-state index in [1.807, 2.05) is 42.5 Å². The zero-order valence-corrected chi connectivity index (χ0v) is 18.1. The Morgan fingerprint density at radius 3 is 2.17 bits per heavy atom. The van der Waals surface area contributed by atoms with Crippen LogP contribution < -0.4 is 19.5 Å². The van der Waals surface area contributed by atoms with Gasteiger partial charge in [0.25, 0.3) is 0 Å². The van der Waals surface area contributed by atoms with Crippen LogP contribution in [0.3, 0.4) is 0 Å². The second-order valence-electron chi connectivity index (χ2n) is 6.59. The van der Waals surface area contributed by atoms with Crippen molar-refractivity contribution >= 4 is 28.9 Å². The van der Waals surface area contributed by atoms with Crippen molar-refractivity contribution in [2.45, 2.75) is 20.1 Å². The minimum Gasteiger partial charge on any atom is -0.495 e. The van der Waals surface area contributed by atoms with E-state index < -0.39 is 0 Å². The Morgan fingerprint density at radius 1 is 0.793 bits per heavy atom. The van der Waals surface area contributed by atoms with Crippen LogP contribution in [0.5, 0.6) is 17.2 Å². The summed E-state index contributed by atoms with van der Waals surface area (Å²) in [6, 6.07) is 17.5. The number of hydrogen-bond acceptors (Lipinski definition) is 4. The van der Waals surface area contributed by atoms with Crippen LogP contribution in [-0.2, 0) is 13.2 Å². The Balaban J connectivity index is 1.70. The molecule has 0 saturated heterocycles. The highest BCUT2D eigenvalue weighted by atomic mass is 35.5. The fourth-order valence-corrected chi connectivity index (χ4v) is 3.38. The van der Waals surface area contributed by atoms with Crippen LogP contribution in [0.2, 0.25) is 10.0 Å². The van der Waals surface area contributed by atoms with Gasteiger partial charge < -0.3 is 19.5 Å². The van der Waals surface area contributed by atoms with Crippen molar-refractivity contribution in [2.75, 3.05) is 19.5 Å². The summed E-state index contributed by atoms with van der Waals surface area (Å²) in [5, 5.41) is 4.37. The molecule has 0 fully saturated rings. The molecule has 0 atom stereocenters. The molecule has 6 heteroatoms. The van der Waals surface area contributed by atoms with Crippen molar-refractivity contribution in [3.05, 3.63) is 81.3 Å². The molecule has 0 aliphatic heterocycles. The molecule has 3 rings (SSSR count). The highest BCUT2D eigenvalue weighted by Gasteiger charge is 2.13. The molecule has 29 heavy (non-hydrogen) atoms. The minimum absolute atomic E-state index is 0.415. The first-order chi connectivity index (χ1) is 14.0. The monoisotopic (exact) mass is 431 g/mol. The third-order valence-electron chi connectivity index (χ3n) is 4.44. The van der Waals surface area contributed by atoms with E-state index in [0.29, 0.717) is 40.4 Å². The van der Waals surface area contributed by atoms with Crippen LogP contribution in [0.25, 0.3) is 0 Å². The summed E-state index contributed by atoms with van der Waals surface area (Å²) in [5.74, 6) is 1.76. The topological polar surface area (TPSA) is 39.7 Å². The molecule has 0 aliphatic rings. The Hall–Kier alpha value is -2.56. The van der Waals surface area contributed by atoms with E-state index in [9.17, 15) is 0 Å². The van der Waals surface area contributed by atoms with E-state index in [1.165, 1.54) is 5.56 Å². The highest BCUT2D eigenvalue weighted by molar-refractivity contribution is 6.32. The zero-order chi connectivity index (χ0) is 20.8.